The highest BCUT2D eigenvalue weighted by Gasteiger charge is 2.28. The number of likely N-dealkylation sites (N-methyl/N-ethyl adjacent to an activating group) is 1. The fourth-order valence-corrected chi connectivity index (χ4v) is 2.13. The molecule has 1 aliphatic rings. The third kappa shape index (κ3) is 4.94. The second-order valence-electron chi connectivity index (χ2n) is 4.70. The second kappa shape index (κ2) is 6.86. The Hall–Kier alpha value is -0.610. The van der Waals surface area contributed by atoms with Crippen molar-refractivity contribution in [1.29, 1.82) is 0 Å². The average Bonchev–Trinajstić information content (AvgIpc) is 2.49. The van der Waals surface area contributed by atoms with E-state index >= 15 is 0 Å². The molecule has 1 fully saturated rings. The van der Waals surface area contributed by atoms with Crippen molar-refractivity contribution in [3.63, 3.8) is 0 Å². The molecule has 0 radical (unpaired) electrons. The molecule has 0 atom stereocenters. The molecule has 0 aliphatic heterocycles. The van der Waals surface area contributed by atoms with Gasteiger partial charge in [-0.25, -0.2) is 0 Å². The molecule has 0 bridgehead atoms. The molecule has 0 heterocycles. The first kappa shape index (κ1) is 13.5. The Morgan fingerprint density at radius 2 is 1.88 bits per heavy atom. The number of aliphatic hydroxyl groups is 1. The summed E-state index contributed by atoms with van der Waals surface area (Å²) in [6, 6.07) is 0. The molecule has 94 valence electrons. The predicted molar refractivity (Wildman–Crippen MR) is 64.2 cm³/mol. The van der Waals surface area contributed by atoms with E-state index in [2.05, 4.69) is 10.6 Å². The molecule has 3 N–H and O–H groups in total. The van der Waals surface area contributed by atoms with Crippen LogP contribution >= 0.6 is 0 Å². The number of hydrogen-bond donors (Lipinski definition) is 3. The van der Waals surface area contributed by atoms with Crippen LogP contribution in [0.5, 0.6) is 0 Å². The van der Waals surface area contributed by atoms with E-state index in [1.165, 1.54) is 12.8 Å². The average molecular weight is 228 g/mol. The van der Waals surface area contributed by atoms with Gasteiger partial charge in [-0.1, -0.05) is 32.6 Å². The van der Waals surface area contributed by atoms with Crippen LogP contribution in [0.4, 0.5) is 0 Å². The molecule has 16 heavy (non-hydrogen) atoms. The number of amides is 1. The van der Waals surface area contributed by atoms with Gasteiger partial charge in [-0.05, 0) is 19.4 Å². The third-order valence-electron chi connectivity index (χ3n) is 3.18. The fourth-order valence-electron chi connectivity index (χ4n) is 2.13. The molecular weight excluding hydrogens is 204 g/mol. The van der Waals surface area contributed by atoms with E-state index in [9.17, 15) is 9.90 Å². The lowest BCUT2D eigenvalue weighted by atomic mass is 9.94. The summed E-state index contributed by atoms with van der Waals surface area (Å²) < 4.78 is 0. The minimum absolute atomic E-state index is 0.0282. The Morgan fingerprint density at radius 1 is 1.25 bits per heavy atom. The van der Waals surface area contributed by atoms with Crippen LogP contribution in [0.2, 0.25) is 0 Å². The first-order valence-corrected chi connectivity index (χ1v) is 6.36. The van der Waals surface area contributed by atoms with Gasteiger partial charge in [0.15, 0.2) is 0 Å². The van der Waals surface area contributed by atoms with Crippen LogP contribution in [0.15, 0.2) is 0 Å². The fraction of sp³-hybridized carbons (Fsp3) is 0.917. The standard InChI is InChI=1S/C12H24N2O2/c1-2-13-9-11(15)14-10-12(16)7-5-3-4-6-8-12/h13,16H,2-10H2,1H3,(H,14,15). The Bertz CT molecular complexity index is 211. The first-order valence-electron chi connectivity index (χ1n) is 6.36. The Balaban J connectivity index is 2.25. The maximum absolute atomic E-state index is 11.4. The van der Waals surface area contributed by atoms with Crippen LogP contribution in [-0.2, 0) is 4.79 Å². The van der Waals surface area contributed by atoms with Crippen LogP contribution < -0.4 is 10.6 Å². The van der Waals surface area contributed by atoms with Crippen molar-refractivity contribution in [2.75, 3.05) is 19.6 Å². The monoisotopic (exact) mass is 228 g/mol. The van der Waals surface area contributed by atoms with Gasteiger partial charge >= 0.3 is 0 Å². The van der Waals surface area contributed by atoms with E-state index < -0.39 is 5.60 Å². The molecule has 0 spiro atoms. The quantitative estimate of drug-likeness (QED) is 0.610. The lowest BCUT2D eigenvalue weighted by Gasteiger charge is -2.26. The normalized spacial score (nSPS) is 20.1. The van der Waals surface area contributed by atoms with E-state index in [-0.39, 0.29) is 5.91 Å². The van der Waals surface area contributed by atoms with Crippen molar-refractivity contribution in [2.45, 2.75) is 51.0 Å². The van der Waals surface area contributed by atoms with E-state index in [4.69, 9.17) is 0 Å². The minimum Gasteiger partial charge on any atom is -0.388 e. The van der Waals surface area contributed by atoms with Crippen molar-refractivity contribution >= 4 is 5.91 Å². The number of rotatable bonds is 5. The van der Waals surface area contributed by atoms with Gasteiger partial charge in [-0.15, -0.1) is 0 Å². The number of nitrogens with one attached hydrogen (secondary N) is 2. The van der Waals surface area contributed by atoms with Crippen molar-refractivity contribution in [3.05, 3.63) is 0 Å². The molecule has 1 amide bonds. The van der Waals surface area contributed by atoms with Gasteiger partial charge in [-0.2, -0.15) is 0 Å². The molecule has 0 aromatic rings. The second-order valence-corrected chi connectivity index (χ2v) is 4.70. The SMILES string of the molecule is CCNCC(=O)NCC1(O)CCCCCC1. The van der Waals surface area contributed by atoms with Crippen molar-refractivity contribution < 1.29 is 9.90 Å². The minimum atomic E-state index is -0.668. The summed E-state index contributed by atoms with van der Waals surface area (Å²) in [4.78, 5) is 11.4. The molecule has 4 heteroatoms. The Labute approximate surface area is 97.8 Å². The Kier molecular flexibility index (Phi) is 5.77. The van der Waals surface area contributed by atoms with E-state index in [1.54, 1.807) is 0 Å². The molecule has 4 nitrogen and oxygen atoms in total. The van der Waals surface area contributed by atoms with Crippen molar-refractivity contribution in [3.8, 4) is 0 Å². The number of carbonyl (C=O) groups is 1. The Morgan fingerprint density at radius 3 is 2.44 bits per heavy atom. The molecule has 0 saturated heterocycles. The summed E-state index contributed by atoms with van der Waals surface area (Å²) in [6.07, 6.45) is 6.17. The van der Waals surface area contributed by atoms with Gasteiger partial charge in [-0.3, -0.25) is 4.79 Å². The van der Waals surface area contributed by atoms with Crippen LogP contribution in [0.1, 0.15) is 45.4 Å². The van der Waals surface area contributed by atoms with Crippen molar-refractivity contribution in [2.24, 2.45) is 0 Å². The summed E-state index contributed by atoms with van der Waals surface area (Å²) in [5.41, 5.74) is -0.668. The van der Waals surface area contributed by atoms with Crippen LogP contribution in [0, 0.1) is 0 Å². The highest BCUT2D eigenvalue weighted by molar-refractivity contribution is 5.78. The molecule has 1 aliphatic carbocycles. The zero-order valence-electron chi connectivity index (χ0n) is 10.2. The maximum atomic E-state index is 11.4. The highest BCUT2D eigenvalue weighted by Crippen LogP contribution is 2.26. The van der Waals surface area contributed by atoms with Crippen LogP contribution in [-0.4, -0.2) is 36.2 Å². The summed E-state index contributed by atoms with van der Waals surface area (Å²) in [5, 5.41) is 16.1. The zero-order valence-corrected chi connectivity index (χ0v) is 10.2. The molecule has 0 aromatic heterocycles. The lowest BCUT2D eigenvalue weighted by molar-refractivity contribution is -0.121. The van der Waals surface area contributed by atoms with E-state index in [0.717, 1.165) is 32.2 Å². The van der Waals surface area contributed by atoms with E-state index in [0.29, 0.717) is 13.1 Å². The van der Waals surface area contributed by atoms with Gasteiger partial charge in [0.25, 0.3) is 0 Å². The predicted octanol–water partition coefficient (Wildman–Crippen LogP) is 0.797. The summed E-state index contributed by atoms with van der Waals surface area (Å²) in [7, 11) is 0. The van der Waals surface area contributed by atoms with Crippen LogP contribution in [0.3, 0.4) is 0 Å². The molecule has 0 unspecified atom stereocenters. The smallest absolute Gasteiger partial charge is 0.234 e. The molecular formula is C12H24N2O2. The van der Waals surface area contributed by atoms with Crippen LogP contribution in [0.25, 0.3) is 0 Å². The number of hydrogen-bond acceptors (Lipinski definition) is 3. The van der Waals surface area contributed by atoms with Gasteiger partial charge in [0.2, 0.25) is 5.91 Å². The van der Waals surface area contributed by atoms with E-state index in [1.807, 2.05) is 6.92 Å². The first-order chi connectivity index (χ1) is 7.66. The molecule has 1 rings (SSSR count). The maximum Gasteiger partial charge on any atom is 0.234 e. The third-order valence-corrected chi connectivity index (χ3v) is 3.18. The lowest BCUT2D eigenvalue weighted by Crippen LogP contribution is -2.45. The summed E-state index contributed by atoms with van der Waals surface area (Å²) in [6.45, 7) is 3.49. The van der Waals surface area contributed by atoms with Crippen molar-refractivity contribution in [1.82, 2.24) is 10.6 Å². The zero-order chi connectivity index (χ0) is 11.9. The van der Waals surface area contributed by atoms with Gasteiger partial charge in [0, 0.05) is 6.54 Å². The molecule has 1 saturated carbocycles. The number of carbonyl (C=O) groups excluding carboxylic acids is 1. The van der Waals surface area contributed by atoms with Gasteiger partial charge < -0.3 is 15.7 Å². The van der Waals surface area contributed by atoms with Gasteiger partial charge in [0.05, 0.1) is 12.1 Å². The largest absolute Gasteiger partial charge is 0.388 e. The summed E-state index contributed by atoms with van der Waals surface area (Å²) in [5.74, 6) is -0.0282. The highest BCUT2D eigenvalue weighted by atomic mass is 16.3. The molecule has 0 aromatic carbocycles. The van der Waals surface area contributed by atoms with Gasteiger partial charge in [0.1, 0.15) is 0 Å². The topological polar surface area (TPSA) is 61.4 Å². The summed E-state index contributed by atoms with van der Waals surface area (Å²) >= 11 is 0.